The summed E-state index contributed by atoms with van der Waals surface area (Å²) in [7, 11) is 0. The highest BCUT2D eigenvalue weighted by atomic mass is 16.5. The van der Waals surface area contributed by atoms with Gasteiger partial charge in [0.2, 0.25) is 0 Å². The summed E-state index contributed by atoms with van der Waals surface area (Å²) in [5, 5.41) is 3.56. The molecule has 0 aromatic heterocycles. The van der Waals surface area contributed by atoms with E-state index in [1.807, 2.05) is 19.1 Å². The normalized spacial score (nSPS) is 20.6. The lowest BCUT2D eigenvalue weighted by atomic mass is 10.1. The molecule has 1 saturated heterocycles. The number of benzene rings is 1. The fourth-order valence-electron chi connectivity index (χ4n) is 2.13. The zero-order valence-corrected chi connectivity index (χ0v) is 10.4. The minimum absolute atomic E-state index is 0.523. The molecule has 94 valence electrons. The molecule has 0 spiro atoms. The van der Waals surface area contributed by atoms with Crippen LogP contribution in [0.2, 0.25) is 0 Å². The van der Waals surface area contributed by atoms with E-state index in [1.54, 1.807) is 0 Å². The number of anilines is 1. The van der Waals surface area contributed by atoms with Crippen molar-refractivity contribution in [2.75, 3.05) is 25.1 Å². The third-order valence-electron chi connectivity index (χ3n) is 2.97. The molecule has 0 amide bonds. The Morgan fingerprint density at radius 3 is 3.18 bits per heavy atom. The molecule has 1 unspecified atom stereocenters. The summed E-state index contributed by atoms with van der Waals surface area (Å²) in [4.78, 5) is 0. The molecule has 2 rings (SSSR count). The maximum Gasteiger partial charge on any atom is 0.121 e. The van der Waals surface area contributed by atoms with E-state index in [1.165, 1.54) is 6.42 Å². The molecule has 1 fully saturated rings. The minimum Gasteiger partial charge on any atom is -0.494 e. The van der Waals surface area contributed by atoms with Gasteiger partial charge in [0.05, 0.1) is 6.61 Å². The van der Waals surface area contributed by atoms with Crippen LogP contribution in [0.15, 0.2) is 24.3 Å². The van der Waals surface area contributed by atoms with Gasteiger partial charge in [-0.05, 0) is 38.3 Å². The molecule has 0 aliphatic carbocycles. The molecule has 1 aromatic carbocycles. The van der Waals surface area contributed by atoms with Crippen molar-refractivity contribution < 1.29 is 9.47 Å². The summed E-state index contributed by atoms with van der Waals surface area (Å²) in [6.07, 6.45) is 3.40. The molecule has 0 saturated carbocycles. The lowest BCUT2D eigenvalue weighted by Crippen LogP contribution is -2.19. The Bertz CT molecular complexity index is 333. The summed E-state index contributed by atoms with van der Waals surface area (Å²) in [6, 6.07) is 8.70. The van der Waals surface area contributed by atoms with E-state index in [9.17, 15) is 0 Å². The van der Waals surface area contributed by atoms with Crippen LogP contribution in [0.4, 0.5) is 5.69 Å². The van der Waals surface area contributed by atoms with Crippen LogP contribution >= 0.6 is 0 Å². The lowest BCUT2D eigenvalue weighted by molar-refractivity contribution is 0.144. The second kappa shape index (κ2) is 6.50. The van der Waals surface area contributed by atoms with Crippen LogP contribution in [0, 0.1) is 0 Å². The standard InChI is InChI=1S/C14H21NO2/c1-2-17-14-7-3-5-13(11-14)15-12-6-4-9-16-10-8-12/h3,5,7,11-12,15H,2,4,6,8-10H2,1H3. The highest BCUT2D eigenvalue weighted by Crippen LogP contribution is 2.20. The predicted molar refractivity (Wildman–Crippen MR) is 69.7 cm³/mol. The van der Waals surface area contributed by atoms with Gasteiger partial charge in [0.15, 0.2) is 0 Å². The topological polar surface area (TPSA) is 30.5 Å². The van der Waals surface area contributed by atoms with Crippen molar-refractivity contribution in [1.82, 2.24) is 0 Å². The van der Waals surface area contributed by atoms with Crippen LogP contribution in [-0.2, 0) is 4.74 Å². The summed E-state index contributed by atoms with van der Waals surface area (Å²) in [6.45, 7) is 4.48. The molecule has 1 aliphatic heterocycles. The van der Waals surface area contributed by atoms with Gasteiger partial charge in [-0.15, -0.1) is 0 Å². The Balaban J connectivity index is 1.94. The second-order valence-electron chi connectivity index (χ2n) is 4.35. The monoisotopic (exact) mass is 235 g/mol. The quantitative estimate of drug-likeness (QED) is 0.870. The SMILES string of the molecule is CCOc1cccc(NC2CCCOCC2)c1. The van der Waals surface area contributed by atoms with Crippen LogP contribution in [0.5, 0.6) is 5.75 Å². The van der Waals surface area contributed by atoms with Gasteiger partial charge in [-0.25, -0.2) is 0 Å². The molecule has 1 heterocycles. The van der Waals surface area contributed by atoms with Crippen molar-refractivity contribution in [2.45, 2.75) is 32.2 Å². The van der Waals surface area contributed by atoms with Crippen LogP contribution in [-0.4, -0.2) is 25.9 Å². The molecule has 3 nitrogen and oxygen atoms in total. The van der Waals surface area contributed by atoms with Gasteiger partial charge in [-0.3, -0.25) is 0 Å². The van der Waals surface area contributed by atoms with E-state index in [4.69, 9.17) is 9.47 Å². The van der Waals surface area contributed by atoms with E-state index < -0.39 is 0 Å². The van der Waals surface area contributed by atoms with E-state index in [-0.39, 0.29) is 0 Å². The average Bonchev–Trinajstić information content (AvgIpc) is 2.59. The van der Waals surface area contributed by atoms with E-state index in [2.05, 4.69) is 17.4 Å². The zero-order chi connectivity index (χ0) is 11.9. The van der Waals surface area contributed by atoms with Crippen LogP contribution in [0.1, 0.15) is 26.2 Å². The molecule has 1 aromatic rings. The minimum atomic E-state index is 0.523. The summed E-state index contributed by atoms with van der Waals surface area (Å²) < 4.78 is 11.0. The fourth-order valence-corrected chi connectivity index (χ4v) is 2.13. The highest BCUT2D eigenvalue weighted by molar-refractivity contribution is 5.48. The summed E-state index contributed by atoms with van der Waals surface area (Å²) in [5.41, 5.74) is 1.14. The number of rotatable bonds is 4. The van der Waals surface area contributed by atoms with Crippen molar-refractivity contribution >= 4 is 5.69 Å². The third kappa shape index (κ3) is 3.93. The van der Waals surface area contributed by atoms with Gasteiger partial charge in [0.1, 0.15) is 5.75 Å². The predicted octanol–water partition coefficient (Wildman–Crippen LogP) is 3.07. The first-order valence-corrected chi connectivity index (χ1v) is 6.45. The van der Waals surface area contributed by atoms with Crippen LogP contribution < -0.4 is 10.1 Å². The smallest absolute Gasteiger partial charge is 0.121 e. The molecule has 0 radical (unpaired) electrons. The van der Waals surface area contributed by atoms with Gasteiger partial charge >= 0.3 is 0 Å². The van der Waals surface area contributed by atoms with Gasteiger partial charge in [0.25, 0.3) is 0 Å². The van der Waals surface area contributed by atoms with E-state index in [0.29, 0.717) is 12.6 Å². The first kappa shape index (κ1) is 12.2. The Hall–Kier alpha value is -1.22. The maximum absolute atomic E-state index is 5.50. The molecular formula is C14H21NO2. The van der Waals surface area contributed by atoms with Gasteiger partial charge in [0, 0.05) is 31.0 Å². The maximum atomic E-state index is 5.50. The Labute approximate surface area is 103 Å². The number of ether oxygens (including phenoxy) is 2. The van der Waals surface area contributed by atoms with Crippen molar-refractivity contribution in [3.63, 3.8) is 0 Å². The molecule has 3 heteroatoms. The van der Waals surface area contributed by atoms with Crippen molar-refractivity contribution in [3.8, 4) is 5.75 Å². The average molecular weight is 235 g/mol. The molecule has 1 atom stereocenters. The Morgan fingerprint density at radius 2 is 2.29 bits per heavy atom. The number of hydrogen-bond donors (Lipinski definition) is 1. The number of hydrogen-bond acceptors (Lipinski definition) is 3. The van der Waals surface area contributed by atoms with Crippen molar-refractivity contribution in [2.24, 2.45) is 0 Å². The third-order valence-corrected chi connectivity index (χ3v) is 2.97. The summed E-state index contributed by atoms with van der Waals surface area (Å²) >= 11 is 0. The fraction of sp³-hybridized carbons (Fsp3) is 0.571. The highest BCUT2D eigenvalue weighted by Gasteiger charge is 2.12. The molecule has 1 aliphatic rings. The Kier molecular flexibility index (Phi) is 4.68. The molecule has 17 heavy (non-hydrogen) atoms. The first-order chi connectivity index (χ1) is 8.38. The van der Waals surface area contributed by atoms with E-state index in [0.717, 1.165) is 37.5 Å². The van der Waals surface area contributed by atoms with Crippen LogP contribution in [0.3, 0.4) is 0 Å². The molecular weight excluding hydrogens is 214 g/mol. The van der Waals surface area contributed by atoms with Gasteiger partial charge in [-0.1, -0.05) is 6.07 Å². The Morgan fingerprint density at radius 1 is 1.35 bits per heavy atom. The lowest BCUT2D eigenvalue weighted by Gasteiger charge is -2.17. The van der Waals surface area contributed by atoms with Crippen molar-refractivity contribution in [1.29, 1.82) is 0 Å². The van der Waals surface area contributed by atoms with Gasteiger partial charge in [-0.2, -0.15) is 0 Å². The van der Waals surface area contributed by atoms with Crippen LogP contribution in [0.25, 0.3) is 0 Å². The zero-order valence-electron chi connectivity index (χ0n) is 10.4. The summed E-state index contributed by atoms with van der Waals surface area (Å²) in [5.74, 6) is 0.933. The molecule has 0 bridgehead atoms. The number of nitrogens with one attached hydrogen (secondary N) is 1. The first-order valence-electron chi connectivity index (χ1n) is 6.45. The van der Waals surface area contributed by atoms with Crippen molar-refractivity contribution in [3.05, 3.63) is 24.3 Å². The second-order valence-corrected chi connectivity index (χ2v) is 4.35. The van der Waals surface area contributed by atoms with Gasteiger partial charge < -0.3 is 14.8 Å². The molecule has 1 N–H and O–H groups in total. The largest absolute Gasteiger partial charge is 0.494 e. The van der Waals surface area contributed by atoms with E-state index >= 15 is 0 Å².